The molecule has 1 aromatic rings. The highest BCUT2D eigenvalue weighted by molar-refractivity contribution is 5.82. The highest BCUT2D eigenvalue weighted by atomic mass is 15.4. The fourth-order valence-corrected chi connectivity index (χ4v) is 1.67. The predicted octanol–water partition coefficient (Wildman–Crippen LogP) is 0.840. The van der Waals surface area contributed by atoms with Crippen molar-refractivity contribution in [2.45, 2.75) is 32.2 Å². The maximum Gasteiger partial charge on any atom is 0.0963 e. The summed E-state index contributed by atoms with van der Waals surface area (Å²) in [5.74, 6) is 1.18. The smallest absolute Gasteiger partial charge is 0.0963 e. The van der Waals surface area contributed by atoms with Crippen molar-refractivity contribution in [2.75, 3.05) is 13.1 Å². The summed E-state index contributed by atoms with van der Waals surface area (Å²) in [6.45, 7) is 2.88. The first-order valence-electron chi connectivity index (χ1n) is 5.56. The Balaban J connectivity index is 1.60. The molecule has 0 aliphatic carbocycles. The topological polar surface area (TPSA) is 55.1 Å². The maximum absolute atomic E-state index is 4.43. The summed E-state index contributed by atoms with van der Waals surface area (Å²) < 4.78 is 1.85. The minimum absolute atomic E-state index is 0.917. The van der Waals surface area contributed by atoms with Crippen molar-refractivity contribution >= 4 is 5.84 Å². The van der Waals surface area contributed by atoms with Crippen LogP contribution in [-0.4, -0.2) is 33.9 Å². The van der Waals surface area contributed by atoms with Crippen LogP contribution in [0, 0.1) is 0 Å². The van der Waals surface area contributed by atoms with E-state index in [2.05, 4.69) is 20.6 Å². The van der Waals surface area contributed by atoms with E-state index in [1.165, 1.54) is 18.7 Å². The zero-order chi connectivity index (χ0) is 10.3. The van der Waals surface area contributed by atoms with Crippen LogP contribution in [0.4, 0.5) is 0 Å². The third kappa shape index (κ3) is 3.34. The van der Waals surface area contributed by atoms with E-state index < -0.39 is 0 Å². The second-order valence-corrected chi connectivity index (χ2v) is 3.73. The molecule has 0 atom stereocenters. The Kier molecular flexibility index (Phi) is 3.70. The summed E-state index contributed by atoms with van der Waals surface area (Å²) in [7, 11) is 0. The van der Waals surface area contributed by atoms with Gasteiger partial charge in [-0.1, -0.05) is 5.21 Å². The number of nitrogens with zero attached hydrogens (tertiary/aromatic N) is 4. The molecule has 2 rings (SSSR count). The van der Waals surface area contributed by atoms with Gasteiger partial charge in [0.1, 0.15) is 0 Å². The summed E-state index contributed by atoms with van der Waals surface area (Å²) in [6.07, 6.45) is 8.28. The Labute approximate surface area is 89.6 Å². The van der Waals surface area contributed by atoms with E-state index in [9.17, 15) is 0 Å². The maximum atomic E-state index is 4.43. The molecule has 15 heavy (non-hydrogen) atoms. The van der Waals surface area contributed by atoms with Gasteiger partial charge < -0.3 is 5.32 Å². The standard InChI is InChI=1S/C10H17N5/c1-2-5-11-10(4-1)12-6-3-8-15-9-7-13-14-15/h7,9H,1-6,8H2,(H,11,12). The molecule has 5 heteroatoms. The van der Waals surface area contributed by atoms with E-state index in [1.807, 2.05) is 10.9 Å². The van der Waals surface area contributed by atoms with Gasteiger partial charge in [0, 0.05) is 32.3 Å². The minimum Gasteiger partial charge on any atom is -0.374 e. The Hall–Kier alpha value is -1.39. The Morgan fingerprint density at radius 1 is 1.40 bits per heavy atom. The number of amidine groups is 1. The van der Waals surface area contributed by atoms with E-state index in [1.54, 1.807) is 6.20 Å². The van der Waals surface area contributed by atoms with Gasteiger partial charge in [0.15, 0.2) is 0 Å². The summed E-state index contributed by atoms with van der Waals surface area (Å²) in [6, 6.07) is 0. The summed E-state index contributed by atoms with van der Waals surface area (Å²) >= 11 is 0. The van der Waals surface area contributed by atoms with E-state index in [-0.39, 0.29) is 0 Å². The van der Waals surface area contributed by atoms with Crippen molar-refractivity contribution < 1.29 is 0 Å². The van der Waals surface area contributed by atoms with Gasteiger partial charge in [-0.05, 0) is 19.3 Å². The van der Waals surface area contributed by atoms with Gasteiger partial charge in [0.25, 0.3) is 0 Å². The van der Waals surface area contributed by atoms with Crippen LogP contribution in [0.3, 0.4) is 0 Å². The molecule has 0 fully saturated rings. The molecule has 1 aliphatic rings. The zero-order valence-corrected chi connectivity index (χ0v) is 8.89. The lowest BCUT2D eigenvalue weighted by Crippen LogP contribution is -2.27. The molecule has 0 radical (unpaired) electrons. The van der Waals surface area contributed by atoms with E-state index in [0.717, 1.165) is 32.5 Å². The number of nitrogens with one attached hydrogen (secondary N) is 1. The monoisotopic (exact) mass is 207 g/mol. The first-order valence-corrected chi connectivity index (χ1v) is 5.56. The van der Waals surface area contributed by atoms with E-state index >= 15 is 0 Å². The van der Waals surface area contributed by atoms with Crippen LogP contribution >= 0.6 is 0 Å². The molecule has 0 bridgehead atoms. The number of aryl methyl sites for hydroxylation is 1. The largest absolute Gasteiger partial charge is 0.374 e. The highest BCUT2D eigenvalue weighted by Crippen LogP contribution is 2.03. The minimum atomic E-state index is 0.917. The SMILES string of the molecule is c1cn(CCCNC2=NCCCC2)nn1. The molecule has 0 aromatic carbocycles. The molecule has 0 saturated heterocycles. The number of aromatic nitrogens is 3. The van der Waals surface area contributed by atoms with Crippen LogP contribution < -0.4 is 5.32 Å². The highest BCUT2D eigenvalue weighted by Gasteiger charge is 2.03. The molecule has 0 spiro atoms. The van der Waals surface area contributed by atoms with Crippen LogP contribution in [0.25, 0.3) is 0 Å². The Morgan fingerprint density at radius 3 is 3.13 bits per heavy atom. The van der Waals surface area contributed by atoms with Gasteiger partial charge in [-0.25, -0.2) is 0 Å². The summed E-state index contributed by atoms with van der Waals surface area (Å²) in [5.41, 5.74) is 0. The van der Waals surface area contributed by atoms with Crippen molar-refractivity contribution in [3.05, 3.63) is 12.4 Å². The molecule has 82 valence electrons. The number of rotatable bonds is 4. The Bertz CT molecular complexity index is 304. The summed E-state index contributed by atoms with van der Waals surface area (Å²) in [5, 5.41) is 11.0. The molecular weight excluding hydrogens is 190 g/mol. The van der Waals surface area contributed by atoms with Crippen molar-refractivity contribution in [3.63, 3.8) is 0 Å². The fraction of sp³-hybridized carbons (Fsp3) is 0.700. The number of aliphatic imine (C=N–C) groups is 1. The molecule has 5 nitrogen and oxygen atoms in total. The molecule has 1 aliphatic heterocycles. The van der Waals surface area contributed by atoms with E-state index in [0.29, 0.717) is 0 Å². The van der Waals surface area contributed by atoms with E-state index in [4.69, 9.17) is 0 Å². The van der Waals surface area contributed by atoms with Gasteiger partial charge in [0.05, 0.1) is 12.0 Å². The lowest BCUT2D eigenvalue weighted by Gasteiger charge is -2.13. The Morgan fingerprint density at radius 2 is 2.40 bits per heavy atom. The van der Waals surface area contributed by atoms with Crippen LogP contribution in [0.2, 0.25) is 0 Å². The molecular formula is C10H17N5. The average Bonchev–Trinajstić information content (AvgIpc) is 2.79. The average molecular weight is 207 g/mol. The van der Waals surface area contributed by atoms with Crippen LogP contribution in [0.15, 0.2) is 17.4 Å². The lowest BCUT2D eigenvalue weighted by molar-refractivity contribution is 0.551. The van der Waals surface area contributed by atoms with Gasteiger partial charge in [-0.3, -0.25) is 9.67 Å². The van der Waals surface area contributed by atoms with Gasteiger partial charge in [0.2, 0.25) is 0 Å². The lowest BCUT2D eigenvalue weighted by atomic mass is 10.2. The number of hydrogen-bond donors (Lipinski definition) is 1. The normalized spacial score (nSPS) is 16.1. The van der Waals surface area contributed by atoms with Gasteiger partial charge in [-0.2, -0.15) is 0 Å². The van der Waals surface area contributed by atoms with Crippen molar-refractivity contribution in [3.8, 4) is 0 Å². The molecule has 1 N–H and O–H groups in total. The molecule has 0 amide bonds. The third-order valence-corrected chi connectivity index (χ3v) is 2.49. The predicted molar refractivity (Wildman–Crippen MR) is 58.8 cm³/mol. The van der Waals surface area contributed by atoms with Crippen molar-refractivity contribution in [2.24, 2.45) is 4.99 Å². The van der Waals surface area contributed by atoms with Crippen LogP contribution in [-0.2, 0) is 6.54 Å². The molecule has 2 heterocycles. The molecule has 0 saturated carbocycles. The second-order valence-electron chi connectivity index (χ2n) is 3.73. The van der Waals surface area contributed by atoms with Gasteiger partial charge >= 0.3 is 0 Å². The third-order valence-electron chi connectivity index (χ3n) is 2.49. The zero-order valence-electron chi connectivity index (χ0n) is 8.89. The van der Waals surface area contributed by atoms with Crippen molar-refractivity contribution in [1.29, 1.82) is 0 Å². The fourth-order valence-electron chi connectivity index (χ4n) is 1.67. The molecule has 0 unspecified atom stereocenters. The van der Waals surface area contributed by atoms with Crippen molar-refractivity contribution in [1.82, 2.24) is 20.3 Å². The quantitative estimate of drug-likeness (QED) is 0.744. The van der Waals surface area contributed by atoms with Gasteiger partial charge in [-0.15, -0.1) is 5.10 Å². The molecule has 1 aromatic heterocycles. The second kappa shape index (κ2) is 5.48. The number of hydrogen-bond acceptors (Lipinski definition) is 4. The summed E-state index contributed by atoms with van der Waals surface area (Å²) in [4.78, 5) is 4.43. The first-order chi connectivity index (χ1) is 7.45. The van der Waals surface area contributed by atoms with Crippen LogP contribution in [0.5, 0.6) is 0 Å². The first kappa shape index (κ1) is 10.1. The van der Waals surface area contributed by atoms with Crippen LogP contribution in [0.1, 0.15) is 25.7 Å².